The first kappa shape index (κ1) is 30.2. The summed E-state index contributed by atoms with van der Waals surface area (Å²) in [7, 11) is 3.06. The van der Waals surface area contributed by atoms with Gasteiger partial charge in [-0.1, -0.05) is 36.4 Å². The lowest BCUT2D eigenvalue weighted by Crippen LogP contribution is -2.29. The summed E-state index contributed by atoms with van der Waals surface area (Å²) in [5.41, 5.74) is 3.91. The van der Waals surface area contributed by atoms with E-state index in [0.717, 1.165) is 41.4 Å². The Morgan fingerprint density at radius 2 is 1.81 bits per heavy atom. The SMILES string of the molecule is COc1ccc(C(=O)Nc2cccc(SC(C)C(=O)Nc3sc4c(c3C#N)CCN(Cc3ccccc3)C4)c2)cc1OC. The summed E-state index contributed by atoms with van der Waals surface area (Å²) in [6, 6.07) is 25.0. The maximum atomic E-state index is 13.2. The number of amides is 2. The Bertz CT molecular complexity index is 1670. The largest absolute Gasteiger partial charge is 0.493 e. The van der Waals surface area contributed by atoms with E-state index < -0.39 is 5.25 Å². The van der Waals surface area contributed by atoms with E-state index in [4.69, 9.17) is 9.47 Å². The number of carbonyl (C=O) groups excluding carboxylic acids is 2. The van der Waals surface area contributed by atoms with Gasteiger partial charge < -0.3 is 20.1 Å². The first-order chi connectivity index (χ1) is 20.9. The lowest BCUT2D eigenvalue weighted by Gasteiger charge is -2.26. The molecule has 8 nitrogen and oxygen atoms in total. The Balaban J connectivity index is 1.21. The Labute approximate surface area is 259 Å². The minimum atomic E-state index is -0.433. The minimum absolute atomic E-state index is 0.180. The van der Waals surface area contributed by atoms with Crippen molar-refractivity contribution in [1.82, 2.24) is 4.90 Å². The fraction of sp³-hybridized carbons (Fsp3) is 0.242. The first-order valence-electron chi connectivity index (χ1n) is 13.8. The molecule has 5 rings (SSSR count). The second-order valence-corrected chi connectivity index (χ2v) is 12.6. The lowest BCUT2D eigenvalue weighted by atomic mass is 10.0. The van der Waals surface area contributed by atoms with Gasteiger partial charge in [-0.2, -0.15) is 5.26 Å². The monoisotopic (exact) mass is 612 g/mol. The van der Waals surface area contributed by atoms with Crippen LogP contribution in [0.25, 0.3) is 0 Å². The maximum Gasteiger partial charge on any atom is 0.255 e. The molecule has 4 aromatic rings. The zero-order chi connectivity index (χ0) is 30.3. The number of benzene rings is 3. The molecule has 1 aliphatic heterocycles. The van der Waals surface area contributed by atoms with Crippen molar-refractivity contribution in [3.05, 3.63) is 99.9 Å². The standard InChI is InChI=1S/C33H32N4O4S2/c1-21(42-25-11-7-10-24(17-25)35-32(39)23-12-13-28(40-2)29(16-23)41-3)31(38)36-33-27(18-34)26-14-15-37(20-30(26)43-33)19-22-8-5-4-6-9-22/h4-13,16-17,21H,14-15,19-20H2,1-3H3,(H,35,39)(H,36,38). The van der Waals surface area contributed by atoms with Crippen molar-refractivity contribution in [2.24, 2.45) is 0 Å². The van der Waals surface area contributed by atoms with Gasteiger partial charge in [0.05, 0.1) is 25.0 Å². The first-order valence-corrected chi connectivity index (χ1v) is 15.5. The highest BCUT2D eigenvalue weighted by molar-refractivity contribution is 8.00. The van der Waals surface area contributed by atoms with Crippen molar-refractivity contribution in [2.75, 3.05) is 31.4 Å². The molecule has 0 bridgehead atoms. The molecule has 0 saturated heterocycles. The number of fused-ring (bicyclic) bond motifs is 1. The second-order valence-electron chi connectivity index (χ2n) is 10.1. The smallest absolute Gasteiger partial charge is 0.255 e. The summed E-state index contributed by atoms with van der Waals surface area (Å²) in [6.07, 6.45) is 0.781. The summed E-state index contributed by atoms with van der Waals surface area (Å²) in [4.78, 5) is 30.4. The van der Waals surface area contributed by atoms with E-state index in [1.165, 1.54) is 35.8 Å². The van der Waals surface area contributed by atoms with Gasteiger partial charge in [-0.25, -0.2) is 0 Å². The molecule has 0 fully saturated rings. The molecule has 2 heterocycles. The highest BCUT2D eigenvalue weighted by Crippen LogP contribution is 2.38. The molecule has 0 radical (unpaired) electrons. The molecule has 220 valence electrons. The van der Waals surface area contributed by atoms with Crippen molar-refractivity contribution >= 4 is 45.6 Å². The Hall–Kier alpha value is -4.30. The van der Waals surface area contributed by atoms with Crippen LogP contribution in [0.2, 0.25) is 0 Å². The molecule has 43 heavy (non-hydrogen) atoms. The van der Waals surface area contributed by atoms with Crippen molar-refractivity contribution in [3.63, 3.8) is 0 Å². The van der Waals surface area contributed by atoms with Crippen molar-refractivity contribution in [1.29, 1.82) is 5.26 Å². The Kier molecular flexibility index (Phi) is 9.67. The van der Waals surface area contributed by atoms with Gasteiger partial charge in [-0.15, -0.1) is 23.1 Å². The predicted octanol–water partition coefficient (Wildman–Crippen LogP) is 6.57. The summed E-state index contributed by atoms with van der Waals surface area (Å²) in [5, 5.41) is 16.0. The third kappa shape index (κ3) is 7.20. The quantitative estimate of drug-likeness (QED) is 0.195. The zero-order valence-electron chi connectivity index (χ0n) is 24.2. The number of hydrogen-bond donors (Lipinski definition) is 2. The maximum absolute atomic E-state index is 13.2. The van der Waals surface area contributed by atoms with Crippen LogP contribution in [-0.4, -0.2) is 42.7 Å². The molecule has 1 aromatic heterocycles. The van der Waals surface area contributed by atoms with E-state index in [2.05, 4.69) is 33.7 Å². The number of thioether (sulfide) groups is 1. The van der Waals surface area contributed by atoms with Crippen molar-refractivity contribution in [2.45, 2.75) is 36.6 Å². The molecule has 1 atom stereocenters. The topological polar surface area (TPSA) is 104 Å². The number of methoxy groups -OCH3 is 2. The van der Waals surface area contributed by atoms with E-state index in [-0.39, 0.29) is 11.8 Å². The molecule has 0 saturated carbocycles. The van der Waals surface area contributed by atoms with E-state index in [1.54, 1.807) is 31.4 Å². The van der Waals surface area contributed by atoms with Crippen molar-refractivity contribution < 1.29 is 19.1 Å². The van der Waals surface area contributed by atoms with Crippen LogP contribution in [0.1, 0.15) is 38.8 Å². The Morgan fingerprint density at radius 3 is 2.56 bits per heavy atom. The van der Waals surface area contributed by atoms with Gasteiger partial charge in [0.15, 0.2) is 11.5 Å². The lowest BCUT2D eigenvalue weighted by molar-refractivity contribution is -0.115. The summed E-state index contributed by atoms with van der Waals surface area (Å²) in [6.45, 7) is 4.30. The number of nitrogens with zero attached hydrogens (tertiary/aromatic N) is 2. The molecule has 1 aliphatic rings. The van der Waals surface area contributed by atoms with Gasteiger partial charge in [0.25, 0.3) is 5.91 Å². The minimum Gasteiger partial charge on any atom is -0.493 e. The van der Waals surface area contributed by atoms with E-state index in [1.807, 2.05) is 43.3 Å². The zero-order valence-corrected chi connectivity index (χ0v) is 25.8. The van der Waals surface area contributed by atoms with Crippen LogP contribution in [0, 0.1) is 11.3 Å². The number of thiophene rings is 1. The molecule has 1 unspecified atom stereocenters. The third-order valence-electron chi connectivity index (χ3n) is 7.15. The normalized spacial score (nSPS) is 13.3. The molecule has 3 aromatic carbocycles. The highest BCUT2D eigenvalue weighted by atomic mass is 32.2. The van der Waals surface area contributed by atoms with Gasteiger partial charge in [0.2, 0.25) is 5.91 Å². The summed E-state index contributed by atoms with van der Waals surface area (Å²) < 4.78 is 10.6. The van der Waals surface area contributed by atoms with Gasteiger partial charge in [0.1, 0.15) is 11.1 Å². The van der Waals surface area contributed by atoms with Crippen LogP contribution < -0.4 is 20.1 Å². The van der Waals surface area contributed by atoms with Crippen LogP contribution in [0.5, 0.6) is 11.5 Å². The fourth-order valence-electron chi connectivity index (χ4n) is 4.94. The number of anilines is 2. The third-order valence-corrected chi connectivity index (χ3v) is 9.38. The van der Waals surface area contributed by atoms with Crippen LogP contribution in [0.15, 0.2) is 77.7 Å². The second kappa shape index (κ2) is 13.8. The van der Waals surface area contributed by atoms with Crippen LogP contribution in [0.4, 0.5) is 10.7 Å². The number of carbonyl (C=O) groups is 2. The van der Waals surface area contributed by atoms with Gasteiger partial charge in [-0.05, 0) is 60.9 Å². The molecular weight excluding hydrogens is 581 g/mol. The summed E-state index contributed by atoms with van der Waals surface area (Å²) >= 11 is 2.88. The molecule has 0 aliphatic carbocycles. The van der Waals surface area contributed by atoms with Gasteiger partial charge >= 0.3 is 0 Å². The molecule has 2 amide bonds. The number of hydrogen-bond acceptors (Lipinski definition) is 8. The van der Waals surface area contributed by atoms with Crippen molar-refractivity contribution in [3.8, 4) is 17.6 Å². The average molecular weight is 613 g/mol. The number of rotatable bonds is 10. The van der Waals surface area contributed by atoms with E-state index in [9.17, 15) is 14.9 Å². The van der Waals surface area contributed by atoms with E-state index >= 15 is 0 Å². The Morgan fingerprint density at radius 1 is 1.02 bits per heavy atom. The highest BCUT2D eigenvalue weighted by Gasteiger charge is 2.26. The summed E-state index contributed by atoms with van der Waals surface area (Å²) in [5.74, 6) is 0.539. The molecule has 0 spiro atoms. The molecule has 2 N–H and O–H groups in total. The average Bonchev–Trinajstić information content (AvgIpc) is 3.37. The molecular formula is C33H32N4O4S2. The fourth-order valence-corrected chi connectivity index (χ4v) is 7.11. The van der Waals surface area contributed by atoms with Crippen LogP contribution in [0.3, 0.4) is 0 Å². The van der Waals surface area contributed by atoms with Crippen LogP contribution >= 0.6 is 23.1 Å². The predicted molar refractivity (Wildman–Crippen MR) is 171 cm³/mol. The van der Waals surface area contributed by atoms with Gasteiger partial charge in [0, 0.05) is 40.7 Å². The number of ether oxygens (including phenoxy) is 2. The van der Waals surface area contributed by atoms with E-state index in [0.29, 0.717) is 33.3 Å². The molecule has 10 heteroatoms. The number of nitriles is 1. The van der Waals surface area contributed by atoms with Gasteiger partial charge in [-0.3, -0.25) is 14.5 Å². The van der Waals surface area contributed by atoms with Crippen LogP contribution in [-0.2, 0) is 24.3 Å². The number of nitrogens with one attached hydrogen (secondary N) is 2.